The quantitative estimate of drug-likeness (QED) is 0.870. The molecule has 26 heavy (non-hydrogen) atoms. The van der Waals surface area contributed by atoms with E-state index in [4.69, 9.17) is 9.47 Å². The molecule has 2 aliphatic rings. The van der Waals surface area contributed by atoms with Gasteiger partial charge >= 0.3 is 0 Å². The van der Waals surface area contributed by atoms with Gasteiger partial charge in [0.25, 0.3) is 0 Å². The van der Waals surface area contributed by atoms with E-state index in [9.17, 15) is 4.79 Å². The molecule has 3 heterocycles. The molecule has 7 heteroatoms. The van der Waals surface area contributed by atoms with Crippen molar-refractivity contribution in [2.45, 2.75) is 32.2 Å². The zero-order chi connectivity index (χ0) is 17.9. The van der Waals surface area contributed by atoms with Crippen LogP contribution in [0.2, 0.25) is 0 Å². The molecular formula is C19H23N3O3S. The van der Waals surface area contributed by atoms with Crippen LogP contribution < -0.4 is 14.8 Å². The maximum Gasteiger partial charge on any atom is 0.243 e. The number of anilines is 1. The van der Waals surface area contributed by atoms with E-state index in [1.807, 2.05) is 23.6 Å². The highest BCUT2D eigenvalue weighted by Gasteiger charge is 2.30. The van der Waals surface area contributed by atoms with E-state index < -0.39 is 0 Å². The van der Waals surface area contributed by atoms with Gasteiger partial charge in [-0.1, -0.05) is 6.92 Å². The minimum atomic E-state index is -0.0309. The lowest BCUT2D eigenvalue weighted by Crippen LogP contribution is -2.39. The van der Waals surface area contributed by atoms with Crippen LogP contribution in [0.25, 0.3) is 11.3 Å². The van der Waals surface area contributed by atoms with Gasteiger partial charge in [0.2, 0.25) is 5.91 Å². The number of rotatable bonds is 5. The van der Waals surface area contributed by atoms with Crippen LogP contribution in [-0.4, -0.2) is 48.1 Å². The van der Waals surface area contributed by atoms with Crippen LogP contribution in [0.3, 0.4) is 0 Å². The summed E-state index contributed by atoms with van der Waals surface area (Å²) in [5, 5.41) is 5.60. The Balaban J connectivity index is 1.45. The molecule has 0 aliphatic carbocycles. The molecule has 0 bridgehead atoms. The molecule has 0 spiro atoms. The highest BCUT2D eigenvalue weighted by molar-refractivity contribution is 7.14. The molecular weight excluding hydrogens is 350 g/mol. The second-order valence-electron chi connectivity index (χ2n) is 6.58. The summed E-state index contributed by atoms with van der Waals surface area (Å²) in [6, 6.07) is 5.78. The monoisotopic (exact) mass is 373 g/mol. The summed E-state index contributed by atoms with van der Waals surface area (Å²) < 4.78 is 11.2. The number of carbonyl (C=O) groups is 1. The third-order valence-corrected chi connectivity index (χ3v) is 5.51. The van der Waals surface area contributed by atoms with Crippen LogP contribution in [0.4, 0.5) is 5.13 Å². The van der Waals surface area contributed by atoms with Crippen molar-refractivity contribution in [3.63, 3.8) is 0 Å². The van der Waals surface area contributed by atoms with E-state index in [-0.39, 0.29) is 11.9 Å². The summed E-state index contributed by atoms with van der Waals surface area (Å²) in [6.07, 6.45) is 3.07. The van der Waals surface area contributed by atoms with Crippen molar-refractivity contribution in [3.05, 3.63) is 23.6 Å². The Hall–Kier alpha value is -2.12. The Morgan fingerprint density at radius 3 is 3.04 bits per heavy atom. The molecule has 1 N–H and O–H groups in total. The van der Waals surface area contributed by atoms with E-state index in [0.29, 0.717) is 18.3 Å². The smallest absolute Gasteiger partial charge is 0.243 e. The Bertz CT molecular complexity index is 792. The number of aromatic nitrogens is 1. The Kier molecular flexibility index (Phi) is 5.08. The number of hydrogen-bond acceptors (Lipinski definition) is 6. The van der Waals surface area contributed by atoms with Crippen molar-refractivity contribution >= 4 is 22.4 Å². The van der Waals surface area contributed by atoms with Gasteiger partial charge in [0, 0.05) is 10.9 Å². The Morgan fingerprint density at radius 1 is 1.35 bits per heavy atom. The number of amides is 1. The van der Waals surface area contributed by atoms with Gasteiger partial charge in [-0.25, -0.2) is 4.98 Å². The number of ether oxygens (including phenoxy) is 2. The Morgan fingerprint density at radius 2 is 2.19 bits per heavy atom. The first kappa shape index (κ1) is 17.3. The number of nitrogens with zero attached hydrogens (tertiary/aromatic N) is 2. The average Bonchev–Trinajstić information content (AvgIpc) is 3.31. The summed E-state index contributed by atoms with van der Waals surface area (Å²) in [6.45, 7) is 5.26. The number of nitrogens with one attached hydrogen (secondary N) is 1. The van der Waals surface area contributed by atoms with Gasteiger partial charge < -0.3 is 14.8 Å². The Labute approximate surface area is 157 Å². The van der Waals surface area contributed by atoms with Gasteiger partial charge in [-0.3, -0.25) is 9.69 Å². The zero-order valence-electron chi connectivity index (χ0n) is 14.9. The highest BCUT2D eigenvalue weighted by atomic mass is 32.1. The number of benzene rings is 1. The molecule has 138 valence electrons. The molecule has 1 saturated heterocycles. The van der Waals surface area contributed by atoms with Gasteiger partial charge in [-0.15, -0.1) is 11.3 Å². The number of carbonyl (C=O) groups excluding carboxylic acids is 1. The fourth-order valence-electron chi connectivity index (χ4n) is 3.53. The predicted molar refractivity (Wildman–Crippen MR) is 102 cm³/mol. The van der Waals surface area contributed by atoms with E-state index in [1.54, 1.807) is 0 Å². The summed E-state index contributed by atoms with van der Waals surface area (Å²) >= 11 is 1.45. The van der Waals surface area contributed by atoms with Gasteiger partial charge in [-0.05, 0) is 50.6 Å². The van der Waals surface area contributed by atoms with E-state index >= 15 is 0 Å². The molecule has 1 aromatic carbocycles. The molecule has 1 fully saturated rings. The van der Waals surface area contributed by atoms with Crippen LogP contribution >= 0.6 is 11.3 Å². The topological polar surface area (TPSA) is 63.7 Å². The number of fused-ring (bicyclic) bond motifs is 1. The van der Waals surface area contributed by atoms with Crippen molar-refractivity contribution in [1.82, 2.24) is 9.88 Å². The normalized spacial score (nSPS) is 19.5. The molecule has 1 unspecified atom stereocenters. The predicted octanol–water partition coefficient (Wildman–Crippen LogP) is 3.39. The average molecular weight is 373 g/mol. The third-order valence-electron chi connectivity index (χ3n) is 4.75. The van der Waals surface area contributed by atoms with Gasteiger partial charge in [0.15, 0.2) is 16.6 Å². The molecule has 1 aromatic heterocycles. The van der Waals surface area contributed by atoms with E-state index in [0.717, 1.165) is 55.1 Å². The van der Waals surface area contributed by atoms with Crippen LogP contribution in [-0.2, 0) is 4.79 Å². The first-order valence-electron chi connectivity index (χ1n) is 9.15. The fraction of sp³-hybridized carbons (Fsp3) is 0.474. The van der Waals surface area contributed by atoms with Crippen LogP contribution in [0.1, 0.15) is 26.2 Å². The van der Waals surface area contributed by atoms with E-state index in [1.165, 1.54) is 11.3 Å². The molecule has 6 nitrogen and oxygen atoms in total. The summed E-state index contributed by atoms with van der Waals surface area (Å²) in [5.41, 5.74) is 1.79. The minimum Gasteiger partial charge on any atom is -0.486 e. The molecule has 1 atom stereocenters. The number of likely N-dealkylation sites (tertiary alicyclic amines) is 1. The highest BCUT2D eigenvalue weighted by Crippen LogP contribution is 2.35. The van der Waals surface area contributed by atoms with Crippen molar-refractivity contribution in [2.75, 3.05) is 31.6 Å². The lowest BCUT2D eigenvalue weighted by atomic mass is 10.1. The molecule has 0 saturated carbocycles. The first-order chi connectivity index (χ1) is 12.7. The van der Waals surface area contributed by atoms with Crippen LogP contribution in [0.5, 0.6) is 11.5 Å². The SMILES string of the molecule is CCCN1CCCC1C(=O)Nc1nc(-c2ccc3c(c2)OCCO3)cs1. The maximum absolute atomic E-state index is 12.6. The van der Waals surface area contributed by atoms with Crippen LogP contribution in [0.15, 0.2) is 23.6 Å². The maximum atomic E-state index is 12.6. The minimum absolute atomic E-state index is 0.0309. The summed E-state index contributed by atoms with van der Waals surface area (Å²) in [4.78, 5) is 19.5. The fourth-order valence-corrected chi connectivity index (χ4v) is 4.26. The lowest BCUT2D eigenvalue weighted by Gasteiger charge is -2.22. The molecule has 2 aromatic rings. The molecule has 0 radical (unpaired) electrons. The van der Waals surface area contributed by atoms with Gasteiger partial charge in [-0.2, -0.15) is 0 Å². The lowest BCUT2D eigenvalue weighted by molar-refractivity contribution is -0.120. The number of thiazole rings is 1. The van der Waals surface area contributed by atoms with Crippen molar-refractivity contribution < 1.29 is 14.3 Å². The standard InChI is InChI=1S/C19H23N3O3S/c1-2-7-22-8-3-4-15(22)18(23)21-19-20-14(12-26-19)13-5-6-16-17(11-13)25-10-9-24-16/h5-6,11-12,15H,2-4,7-10H2,1H3,(H,20,21,23). The summed E-state index contributed by atoms with van der Waals surface area (Å²) in [5.74, 6) is 1.56. The summed E-state index contributed by atoms with van der Waals surface area (Å²) in [7, 11) is 0. The van der Waals surface area contributed by atoms with Crippen molar-refractivity contribution in [3.8, 4) is 22.8 Å². The van der Waals surface area contributed by atoms with Crippen LogP contribution in [0, 0.1) is 0 Å². The second-order valence-corrected chi connectivity index (χ2v) is 7.44. The first-order valence-corrected chi connectivity index (χ1v) is 10.0. The van der Waals surface area contributed by atoms with Gasteiger partial charge in [0.05, 0.1) is 11.7 Å². The van der Waals surface area contributed by atoms with Crippen molar-refractivity contribution in [2.24, 2.45) is 0 Å². The van der Waals surface area contributed by atoms with Crippen molar-refractivity contribution in [1.29, 1.82) is 0 Å². The molecule has 1 amide bonds. The largest absolute Gasteiger partial charge is 0.486 e. The third kappa shape index (κ3) is 3.54. The van der Waals surface area contributed by atoms with E-state index in [2.05, 4.69) is 22.1 Å². The molecule has 4 rings (SSSR count). The second kappa shape index (κ2) is 7.63. The molecule has 2 aliphatic heterocycles. The zero-order valence-corrected chi connectivity index (χ0v) is 15.7. The number of hydrogen-bond donors (Lipinski definition) is 1. The van der Waals surface area contributed by atoms with Gasteiger partial charge in [0.1, 0.15) is 13.2 Å².